The summed E-state index contributed by atoms with van der Waals surface area (Å²) in [5.41, 5.74) is 0.918. The number of benzene rings is 2. The zero-order valence-electron chi connectivity index (χ0n) is 15.6. The predicted octanol–water partition coefficient (Wildman–Crippen LogP) is 2.01. The Hall–Kier alpha value is -1.93. The standard InChI is InChI=1S/C20H24ClN3O3S/c21-18-8-6-17(7-9-18)16-20(25)22-10-11-23-12-14-24(15-13-23)28(26,27)19-4-2-1-3-5-19/h1-9H,10-16H2,(H,22,25). The second-order valence-corrected chi connectivity index (χ2v) is 9.09. The molecule has 0 unspecified atom stereocenters. The maximum absolute atomic E-state index is 12.6. The lowest BCUT2D eigenvalue weighted by Crippen LogP contribution is -2.50. The molecule has 2 aromatic rings. The van der Waals surface area contributed by atoms with Crippen LogP contribution in [0, 0.1) is 0 Å². The molecule has 0 aliphatic carbocycles. The number of halogens is 1. The van der Waals surface area contributed by atoms with Crippen molar-refractivity contribution >= 4 is 27.5 Å². The Kier molecular flexibility index (Phi) is 7.07. The van der Waals surface area contributed by atoms with E-state index in [9.17, 15) is 13.2 Å². The Morgan fingerprint density at radius 1 is 0.964 bits per heavy atom. The van der Waals surface area contributed by atoms with Gasteiger partial charge in [0.15, 0.2) is 0 Å². The van der Waals surface area contributed by atoms with E-state index >= 15 is 0 Å². The van der Waals surface area contributed by atoms with Crippen LogP contribution in [0.1, 0.15) is 5.56 Å². The minimum Gasteiger partial charge on any atom is -0.355 e. The van der Waals surface area contributed by atoms with Crippen molar-refractivity contribution in [3.05, 3.63) is 65.2 Å². The molecule has 1 saturated heterocycles. The molecule has 150 valence electrons. The average molecular weight is 422 g/mol. The van der Waals surface area contributed by atoms with Crippen LogP contribution in [0.3, 0.4) is 0 Å². The molecular weight excluding hydrogens is 398 g/mol. The topological polar surface area (TPSA) is 69.7 Å². The highest BCUT2D eigenvalue weighted by molar-refractivity contribution is 7.89. The summed E-state index contributed by atoms with van der Waals surface area (Å²) in [6.07, 6.45) is 0.320. The third-order valence-corrected chi connectivity index (χ3v) is 6.91. The van der Waals surface area contributed by atoms with Gasteiger partial charge >= 0.3 is 0 Å². The number of carbonyl (C=O) groups is 1. The third kappa shape index (κ3) is 5.54. The van der Waals surface area contributed by atoms with Gasteiger partial charge in [-0.1, -0.05) is 41.9 Å². The van der Waals surface area contributed by atoms with E-state index in [1.165, 1.54) is 4.31 Å². The summed E-state index contributed by atoms with van der Waals surface area (Å²) in [4.78, 5) is 14.5. The van der Waals surface area contributed by atoms with Crippen LogP contribution in [0.25, 0.3) is 0 Å². The number of nitrogens with zero attached hydrogens (tertiary/aromatic N) is 2. The first-order chi connectivity index (χ1) is 13.4. The van der Waals surface area contributed by atoms with Crippen molar-refractivity contribution in [2.24, 2.45) is 0 Å². The maximum Gasteiger partial charge on any atom is 0.243 e. The summed E-state index contributed by atoms with van der Waals surface area (Å²) in [6, 6.07) is 15.7. The third-order valence-electron chi connectivity index (χ3n) is 4.74. The van der Waals surface area contributed by atoms with Crippen molar-refractivity contribution in [2.75, 3.05) is 39.3 Å². The number of carbonyl (C=O) groups excluding carboxylic acids is 1. The minimum atomic E-state index is -3.43. The van der Waals surface area contributed by atoms with Crippen LogP contribution >= 0.6 is 11.6 Å². The Morgan fingerprint density at radius 3 is 2.25 bits per heavy atom. The molecule has 0 atom stereocenters. The van der Waals surface area contributed by atoms with Gasteiger partial charge in [0.25, 0.3) is 0 Å². The van der Waals surface area contributed by atoms with Gasteiger partial charge in [-0.15, -0.1) is 0 Å². The largest absolute Gasteiger partial charge is 0.355 e. The van der Waals surface area contributed by atoms with E-state index in [1.54, 1.807) is 42.5 Å². The van der Waals surface area contributed by atoms with Gasteiger partial charge in [0.2, 0.25) is 15.9 Å². The van der Waals surface area contributed by atoms with E-state index < -0.39 is 10.0 Å². The lowest BCUT2D eigenvalue weighted by molar-refractivity contribution is -0.120. The zero-order chi connectivity index (χ0) is 20.0. The number of amides is 1. The molecule has 1 fully saturated rings. The Morgan fingerprint density at radius 2 is 1.61 bits per heavy atom. The molecule has 6 nitrogen and oxygen atoms in total. The Labute approximate surface area is 171 Å². The fourth-order valence-electron chi connectivity index (χ4n) is 3.14. The number of piperazine rings is 1. The number of hydrogen-bond donors (Lipinski definition) is 1. The SMILES string of the molecule is O=C(Cc1ccc(Cl)cc1)NCCN1CCN(S(=O)(=O)c2ccccc2)CC1. The summed E-state index contributed by atoms with van der Waals surface area (Å²) < 4.78 is 26.8. The van der Waals surface area contributed by atoms with Crippen molar-refractivity contribution in [1.29, 1.82) is 0 Å². The van der Waals surface area contributed by atoms with Crippen molar-refractivity contribution < 1.29 is 13.2 Å². The lowest BCUT2D eigenvalue weighted by Gasteiger charge is -2.33. The maximum atomic E-state index is 12.6. The second-order valence-electron chi connectivity index (χ2n) is 6.71. The molecule has 0 saturated carbocycles. The van der Waals surface area contributed by atoms with Crippen LogP contribution in [0.15, 0.2) is 59.5 Å². The van der Waals surface area contributed by atoms with E-state index in [4.69, 9.17) is 11.6 Å². The van der Waals surface area contributed by atoms with Gasteiger partial charge in [0, 0.05) is 44.3 Å². The van der Waals surface area contributed by atoms with E-state index in [1.807, 2.05) is 12.1 Å². The van der Waals surface area contributed by atoms with Crippen LogP contribution in [0.4, 0.5) is 0 Å². The van der Waals surface area contributed by atoms with E-state index in [0.29, 0.717) is 55.6 Å². The van der Waals surface area contributed by atoms with E-state index in [0.717, 1.165) is 5.56 Å². The first kappa shape index (κ1) is 20.8. The van der Waals surface area contributed by atoms with Crippen molar-refractivity contribution in [3.63, 3.8) is 0 Å². The van der Waals surface area contributed by atoms with Crippen LogP contribution < -0.4 is 5.32 Å². The summed E-state index contributed by atoms with van der Waals surface area (Å²) in [5.74, 6) is -0.0346. The second kappa shape index (κ2) is 9.52. The summed E-state index contributed by atoms with van der Waals surface area (Å²) >= 11 is 5.84. The number of sulfonamides is 1. The molecule has 1 heterocycles. The predicted molar refractivity (Wildman–Crippen MR) is 110 cm³/mol. The van der Waals surface area contributed by atoms with Gasteiger partial charge in [-0.2, -0.15) is 4.31 Å². The highest BCUT2D eigenvalue weighted by Gasteiger charge is 2.28. The van der Waals surface area contributed by atoms with Crippen molar-refractivity contribution in [1.82, 2.24) is 14.5 Å². The number of hydrogen-bond acceptors (Lipinski definition) is 4. The Bertz CT molecular complexity index is 881. The summed E-state index contributed by atoms with van der Waals surface area (Å²) in [5, 5.41) is 3.57. The normalized spacial score (nSPS) is 16.0. The molecule has 0 radical (unpaired) electrons. The first-order valence-corrected chi connectivity index (χ1v) is 11.1. The van der Waals surface area contributed by atoms with E-state index in [-0.39, 0.29) is 5.91 Å². The van der Waals surface area contributed by atoms with Gasteiger partial charge in [-0.25, -0.2) is 8.42 Å². The number of rotatable bonds is 7. The van der Waals surface area contributed by atoms with Gasteiger partial charge < -0.3 is 5.32 Å². The minimum absolute atomic E-state index is 0.0346. The molecule has 28 heavy (non-hydrogen) atoms. The summed E-state index contributed by atoms with van der Waals surface area (Å²) in [6.45, 7) is 3.45. The average Bonchev–Trinajstić information content (AvgIpc) is 2.71. The highest BCUT2D eigenvalue weighted by Crippen LogP contribution is 2.17. The van der Waals surface area contributed by atoms with Crippen molar-refractivity contribution in [3.8, 4) is 0 Å². The molecule has 2 aromatic carbocycles. The molecule has 8 heteroatoms. The smallest absolute Gasteiger partial charge is 0.243 e. The van der Waals surface area contributed by atoms with Crippen LogP contribution in [0.5, 0.6) is 0 Å². The number of nitrogens with one attached hydrogen (secondary N) is 1. The molecule has 3 rings (SSSR count). The van der Waals surface area contributed by atoms with Crippen LogP contribution in [-0.4, -0.2) is 62.8 Å². The van der Waals surface area contributed by atoms with Crippen molar-refractivity contribution in [2.45, 2.75) is 11.3 Å². The molecule has 0 spiro atoms. The Balaban J connectivity index is 1.40. The van der Waals surface area contributed by atoms with Gasteiger partial charge in [-0.3, -0.25) is 9.69 Å². The van der Waals surface area contributed by atoms with Gasteiger partial charge in [0.1, 0.15) is 0 Å². The quantitative estimate of drug-likeness (QED) is 0.742. The first-order valence-electron chi connectivity index (χ1n) is 9.24. The fourth-order valence-corrected chi connectivity index (χ4v) is 4.71. The van der Waals surface area contributed by atoms with Gasteiger partial charge in [0.05, 0.1) is 11.3 Å². The zero-order valence-corrected chi connectivity index (χ0v) is 17.1. The lowest BCUT2D eigenvalue weighted by atomic mass is 10.1. The van der Waals surface area contributed by atoms with Crippen LogP contribution in [0.2, 0.25) is 5.02 Å². The van der Waals surface area contributed by atoms with Gasteiger partial charge in [-0.05, 0) is 29.8 Å². The monoisotopic (exact) mass is 421 g/mol. The fraction of sp³-hybridized carbons (Fsp3) is 0.350. The summed E-state index contributed by atoms with van der Waals surface area (Å²) in [7, 11) is -3.43. The highest BCUT2D eigenvalue weighted by atomic mass is 35.5. The molecule has 1 amide bonds. The molecular formula is C20H24ClN3O3S. The molecule has 0 aromatic heterocycles. The molecule has 1 aliphatic heterocycles. The van der Waals surface area contributed by atoms with Crippen LogP contribution in [-0.2, 0) is 21.2 Å². The molecule has 1 aliphatic rings. The van der Waals surface area contributed by atoms with E-state index in [2.05, 4.69) is 10.2 Å². The molecule has 1 N–H and O–H groups in total. The molecule has 0 bridgehead atoms.